The van der Waals surface area contributed by atoms with E-state index in [0.29, 0.717) is 30.7 Å². The number of carbonyl (C=O) groups excluding carboxylic acids is 1. The number of amides is 1. The molecule has 38 heavy (non-hydrogen) atoms. The molecule has 4 aromatic rings. The Morgan fingerprint density at radius 1 is 1.13 bits per heavy atom. The minimum absolute atomic E-state index is 0.00179. The van der Waals surface area contributed by atoms with Crippen molar-refractivity contribution in [3.63, 3.8) is 0 Å². The van der Waals surface area contributed by atoms with Crippen LogP contribution in [0.3, 0.4) is 0 Å². The van der Waals surface area contributed by atoms with Crippen molar-refractivity contribution in [2.75, 3.05) is 29.1 Å². The maximum atomic E-state index is 13.6. The van der Waals surface area contributed by atoms with Gasteiger partial charge in [-0.3, -0.25) is 4.79 Å². The van der Waals surface area contributed by atoms with Crippen molar-refractivity contribution in [2.45, 2.75) is 24.3 Å². The first-order valence-corrected chi connectivity index (χ1v) is 13.3. The third kappa shape index (κ3) is 3.78. The lowest BCUT2D eigenvalue weighted by atomic mass is 9.95. The van der Waals surface area contributed by atoms with Crippen molar-refractivity contribution in [3.8, 4) is 11.3 Å². The number of imidazole rings is 1. The summed E-state index contributed by atoms with van der Waals surface area (Å²) in [5, 5.41) is 6.96. The van der Waals surface area contributed by atoms with Gasteiger partial charge in [-0.25, -0.2) is 22.9 Å². The van der Waals surface area contributed by atoms with Gasteiger partial charge in [-0.1, -0.05) is 18.2 Å². The second-order valence-corrected chi connectivity index (χ2v) is 11.9. The molecule has 1 aromatic carbocycles. The van der Waals surface area contributed by atoms with Crippen LogP contribution < -0.4 is 10.2 Å². The maximum Gasteiger partial charge on any atom is 0.417 e. The Kier molecular flexibility index (Phi) is 5.25. The van der Waals surface area contributed by atoms with Crippen LogP contribution in [0.1, 0.15) is 28.0 Å². The number of hydrogen-bond donors (Lipinski definition) is 1. The first-order valence-electron chi connectivity index (χ1n) is 11.6. The quantitative estimate of drug-likeness (QED) is 0.417. The largest absolute Gasteiger partial charge is 0.417 e. The van der Waals surface area contributed by atoms with Crippen molar-refractivity contribution in [3.05, 3.63) is 65.6 Å². The summed E-state index contributed by atoms with van der Waals surface area (Å²) in [5.41, 5.74) is -0.0676. The Morgan fingerprint density at radius 2 is 1.89 bits per heavy atom. The zero-order valence-electron chi connectivity index (χ0n) is 19.9. The molecule has 2 fully saturated rings. The van der Waals surface area contributed by atoms with Gasteiger partial charge in [-0.15, -0.1) is 0 Å². The number of alkyl halides is 3. The number of benzene rings is 1. The van der Waals surface area contributed by atoms with Gasteiger partial charge in [-0.05, 0) is 37.1 Å². The highest BCUT2D eigenvalue weighted by Gasteiger charge is 2.60. The van der Waals surface area contributed by atoms with Crippen molar-refractivity contribution in [1.29, 1.82) is 0 Å². The van der Waals surface area contributed by atoms with Gasteiger partial charge in [0, 0.05) is 24.8 Å². The zero-order chi connectivity index (χ0) is 26.9. The lowest BCUT2D eigenvalue weighted by molar-refractivity contribution is -0.137. The fourth-order valence-corrected chi connectivity index (χ4v) is 6.64. The summed E-state index contributed by atoms with van der Waals surface area (Å²) in [4.78, 5) is 27.6. The van der Waals surface area contributed by atoms with E-state index in [-0.39, 0.29) is 34.5 Å². The molecular formula is C24H20F3N7O3S. The van der Waals surface area contributed by atoms with E-state index in [1.54, 1.807) is 11.8 Å². The van der Waals surface area contributed by atoms with E-state index in [1.165, 1.54) is 47.2 Å². The number of aryl methyl sites for hydroxylation is 1. The molecule has 196 valence electrons. The van der Waals surface area contributed by atoms with Crippen LogP contribution in [0.15, 0.2) is 48.8 Å². The molecule has 2 saturated heterocycles. The molecule has 0 atom stereocenters. The fraction of sp³-hybridized carbons (Fsp3) is 0.292. The minimum atomic E-state index is -4.58. The highest BCUT2D eigenvalue weighted by Crippen LogP contribution is 2.43. The third-order valence-electron chi connectivity index (χ3n) is 7.00. The Hall–Kier alpha value is -4.07. The van der Waals surface area contributed by atoms with Crippen LogP contribution in [0, 0.1) is 6.92 Å². The zero-order valence-corrected chi connectivity index (χ0v) is 20.7. The second-order valence-electron chi connectivity index (χ2n) is 9.44. The molecule has 14 heteroatoms. The smallest absolute Gasteiger partial charge is 0.337 e. The number of halogens is 3. The fourth-order valence-electron chi connectivity index (χ4n) is 4.82. The van der Waals surface area contributed by atoms with Crippen LogP contribution in [0.4, 0.5) is 24.9 Å². The molecule has 5 heterocycles. The van der Waals surface area contributed by atoms with E-state index in [4.69, 9.17) is 0 Å². The van der Waals surface area contributed by atoms with Crippen LogP contribution in [0.5, 0.6) is 0 Å². The van der Waals surface area contributed by atoms with Gasteiger partial charge < -0.3 is 10.2 Å². The molecule has 0 saturated carbocycles. The van der Waals surface area contributed by atoms with E-state index in [9.17, 15) is 26.4 Å². The summed E-state index contributed by atoms with van der Waals surface area (Å²) in [6, 6.07) is 8.06. The number of sulfone groups is 1. The van der Waals surface area contributed by atoms with Crippen molar-refractivity contribution < 1.29 is 26.4 Å². The van der Waals surface area contributed by atoms with E-state index in [0.717, 1.165) is 6.07 Å². The Morgan fingerprint density at radius 3 is 2.58 bits per heavy atom. The first kappa shape index (κ1) is 24.3. The first-order chi connectivity index (χ1) is 18.0. The van der Waals surface area contributed by atoms with Crippen LogP contribution in [-0.2, 0) is 16.0 Å². The Labute approximate surface area is 214 Å². The van der Waals surface area contributed by atoms with E-state index >= 15 is 0 Å². The van der Waals surface area contributed by atoms with Gasteiger partial charge in [0.05, 0.1) is 23.2 Å². The molecule has 2 aliphatic heterocycles. The van der Waals surface area contributed by atoms with Gasteiger partial charge in [0.25, 0.3) is 5.91 Å². The number of aromatic nitrogens is 5. The van der Waals surface area contributed by atoms with Gasteiger partial charge in [-0.2, -0.15) is 23.3 Å². The van der Waals surface area contributed by atoms with Gasteiger partial charge in [0.1, 0.15) is 10.6 Å². The predicted molar refractivity (Wildman–Crippen MR) is 131 cm³/mol. The number of carbonyl (C=O) groups is 1. The monoisotopic (exact) mass is 543 g/mol. The van der Waals surface area contributed by atoms with E-state index < -0.39 is 32.2 Å². The topological polar surface area (TPSA) is 122 Å². The average Bonchev–Trinajstić information content (AvgIpc) is 3.27. The number of fused-ring (bicyclic) bond motifs is 1. The molecule has 1 spiro atoms. The Balaban J connectivity index is 1.28. The summed E-state index contributed by atoms with van der Waals surface area (Å²) >= 11 is 0. The molecule has 6 rings (SSSR count). The van der Waals surface area contributed by atoms with E-state index in [2.05, 4.69) is 25.4 Å². The van der Waals surface area contributed by atoms with E-state index in [1.807, 2.05) is 0 Å². The highest BCUT2D eigenvalue weighted by molar-refractivity contribution is 7.94. The lowest BCUT2D eigenvalue weighted by Gasteiger charge is -2.54. The SMILES string of the molecule is Cc1cc(-c2ccccc2C(F)(F)F)nn2c(C(=O)Nc3ccnc(N4CC5(CCS5(=O)=O)C4)n3)cnc12. The summed E-state index contributed by atoms with van der Waals surface area (Å²) in [5.74, 6) is 0.0157. The highest BCUT2D eigenvalue weighted by atomic mass is 32.2. The third-order valence-corrected chi connectivity index (χ3v) is 9.53. The van der Waals surface area contributed by atoms with Gasteiger partial charge in [0.15, 0.2) is 21.2 Å². The molecule has 2 aliphatic rings. The number of nitrogens with zero attached hydrogens (tertiary/aromatic N) is 6. The van der Waals surface area contributed by atoms with Crippen molar-refractivity contribution in [2.24, 2.45) is 0 Å². The molecule has 0 aliphatic carbocycles. The number of anilines is 2. The second kappa shape index (κ2) is 8.21. The minimum Gasteiger partial charge on any atom is -0.337 e. The molecule has 0 radical (unpaired) electrons. The molecule has 1 N–H and O–H groups in total. The van der Waals surface area contributed by atoms with Crippen LogP contribution in [-0.4, -0.2) is 62.5 Å². The summed E-state index contributed by atoms with van der Waals surface area (Å²) in [6.45, 7) is 2.26. The average molecular weight is 544 g/mol. The van der Waals surface area contributed by atoms with Gasteiger partial charge in [0.2, 0.25) is 5.95 Å². The number of hydrogen-bond acceptors (Lipinski definition) is 8. The van der Waals surface area contributed by atoms with Crippen molar-refractivity contribution in [1.82, 2.24) is 24.6 Å². The number of nitrogens with one attached hydrogen (secondary N) is 1. The Bertz CT molecular complexity index is 1710. The molecule has 10 nitrogen and oxygen atoms in total. The molecule has 1 amide bonds. The molecule has 3 aromatic heterocycles. The standard InChI is InChI=1S/C24H20F3N7O3S/c1-14-10-17(15-4-2-3-5-16(15)24(25,26)27)32-34-18(11-29-20(14)34)21(35)30-19-6-8-28-22(31-19)33-12-23(13-33)7-9-38(23,36)37/h2-6,8,10-11H,7,9,12-13H2,1H3,(H,28,30,31,35). The van der Waals surface area contributed by atoms with Gasteiger partial charge >= 0.3 is 6.18 Å². The lowest BCUT2D eigenvalue weighted by Crippen LogP contribution is -2.72. The summed E-state index contributed by atoms with van der Waals surface area (Å²) < 4.78 is 65.4. The molecular weight excluding hydrogens is 523 g/mol. The summed E-state index contributed by atoms with van der Waals surface area (Å²) in [7, 11) is -3.09. The molecule has 0 bridgehead atoms. The van der Waals surface area contributed by atoms with Crippen LogP contribution in [0.25, 0.3) is 16.9 Å². The summed E-state index contributed by atoms with van der Waals surface area (Å²) in [6.07, 6.45) is -1.24. The maximum absolute atomic E-state index is 13.6. The predicted octanol–water partition coefficient (Wildman–Crippen LogP) is 3.14. The van der Waals surface area contributed by atoms with Crippen LogP contribution >= 0.6 is 0 Å². The van der Waals surface area contributed by atoms with Crippen molar-refractivity contribution >= 4 is 33.2 Å². The van der Waals surface area contributed by atoms with Crippen LogP contribution in [0.2, 0.25) is 0 Å². The normalized spacial score (nSPS) is 17.7. The molecule has 0 unspecified atom stereocenters. The number of rotatable bonds is 4.